The summed E-state index contributed by atoms with van der Waals surface area (Å²) in [6.07, 6.45) is 0.972. The summed E-state index contributed by atoms with van der Waals surface area (Å²) >= 11 is 6.38. The number of carbonyl (C=O) groups excluding carboxylic acids is 1. The number of carbonyl (C=O) groups is 1. The first kappa shape index (κ1) is 21.5. The molecule has 1 amide bonds. The zero-order valence-electron chi connectivity index (χ0n) is 16.0. The second-order valence-electron chi connectivity index (χ2n) is 7.85. The van der Waals surface area contributed by atoms with Gasteiger partial charge in [0, 0.05) is 35.2 Å². The van der Waals surface area contributed by atoms with Crippen molar-refractivity contribution in [3.05, 3.63) is 28.8 Å². The third kappa shape index (κ3) is 3.90. The van der Waals surface area contributed by atoms with Gasteiger partial charge in [0.25, 0.3) is 5.91 Å². The van der Waals surface area contributed by atoms with Gasteiger partial charge in [0.2, 0.25) is 0 Å². The normalized spacial score (nSPS) is 23.8. The molecule has 2 aliphatic heterocycles. The van der Waals surface area contributed by atoms with Crippen LogP contribution in [0.15, 0.2) is 18.2 Å². The Hall–Kier alpha value is -0.785. The minimum atomic E-state index is -0.575. The maximum absolute atomic E-state index is 12.8. The molecule has 0 saturated carbocycles. The molecule has 2 aliphatic rings. The van der Waals surface area contributed by atoms with Gasteiger partial charge in [-0.1, -0.05) is 11.6 Å². The monoisotopic (exact) mass is 400 g/mol. The van der Waals surface area contributed by atoms with E-state index in [1.807, 2.05) is 39.6 Å². The van der Waals surface area contributed by atoms with Crippen LogP contribution in [-0.4, -0.2) is 55.3 Å². The van der Waals surface area contributed by atoms with E-state index in [2.05, 4.69) is 5.32 Å². The molecule has 26 heavy (non-hydrogen) atoms. The predicted octanol–water partition coefficient (Wildman–Crippen LogP) is 2.49. The van der Waals surface area contributed by atoms with Crippen LogP contribution in [0.25, 0.3) is 0 Å². The third-order valence-corrected chi connectivity index (χ3v) is 5.98. The Morgan fingerprint density at radius 2 is 1.88 bits per heavy atom. The zero-order chi connectivity index (χ0) is 18.4. The van der Waals surface area contributed by atoms with Gasteiger partial charge in [0.1, 0.15) is 0 Å². The van der Waals surface area contributed by atoms with E-state index in [1.165, 1.54) is 0 Å². The number of nitrogens with one attached hydrogen (secondary N) is 1. The molecule has 2 heterocycles. The van der Waals surface area contributed by atoms with E-state index in [9.17, 15) is 4.79 Å². The van der Waals surface area contributed by atoms with Gasteiger partial charge in [-0.05, 0) is 59.4 Å². The van der Waals surface area contributed by atoms with Crippen molar-refractivity contribution in [1.29, 1.82) is 0 Å². The highest BCUT2D eigenvalue weighted by molar-refractivity contribution is 6.65. The lowest BCUT2D eigenvalue weighted by molar-refractivity contribution is 0.00578. The molecule has 5 nitrogen and oxygen atoms in total. The second kappa shape index (κ2) is 7.68. The fourth-order valence-corrected chi connectivity index (χ4v) is 3.40. The molecule has 8 heteroatoms. The summed E-state index contributed by atoms with van der Waals surface area (Å²) in [4.78, 5) is 14.7. The smallest absolute Gasteiger partial charge is 0.399 e. The van der Waals surface area contributed by atoms with Gasteiger partial charge in [-0.25, -0.2) is 0 Å². The predicted molar refractivity (Wildman–Crippen MR) is 108 cm³/mol. The summed E-state index contributed by atoms with van der Waals surface area (Å²) in [7, 11) is 1.35. The van der Waals surface area contributed by atoms with Crippen molar-refractivity contribution in [3.8, 4) is 0 Å². The van der Waals surface area contributed by atoms with E-state index < -0.39 is 18.3 Å². The van der Waals surface area contributed by atoms with Crippen LogP contribution in [0.3, 0.4) is 0 Å². The Bertz CT molecular complexity index is 668. The number of likely N-dealkylation sites (N-methyl/N-ethyl adjacent to an activating group) is 1. The number of benzene rings is 1. The Morgan fingerprint density at radius 1 is 1.27 bits per heavy atom. The Balaban J connectivity index is 0.00000243. The molecule has 0 bridgehead atoms. The molecular weight excluding hydrogens is 374 g/mol. The average Bonchev–Trinajstić information content (AvgIpc) is 3.09. The average molecular weight is 401 g/mol. The van der Waals surface area contributed by atoms with Crippen molar-refractivity contribution in [2.75, 3.05) is 20.1 Å². The second-order valence-corrected chi connectivity index (χ2v) is 8.26. The summed E-state index contributed by atoms with van der Waals surface area (Å²) in [5.74, 6) is 0.0205. The van der Waals surface area contributed by atoms with Crippen molar-refractivity contribution in [3.63, 3.8) is 0 Å². The fourth-order valence-electron chi connectivity index (χ4n) is 3.19. The number of likely N-dealkylation sites (tertiary alicyclic amines) is 1. The van der Waals surface area contributed by atoms with Crippen molar-refractivity contribution in [2.24, 2.45) is 0 Å². The van der Waals surface area contributed by atoms with Gasteiger partial charge in [0.05, 0.1) is 11.2 Å². The molecule has 2 fully saturated rings. The highest BCUT2D eigenvalue weighted by atomic mass is 35.5. The summed E-state index contributed by atoms with van der Waals surface area (Å²) in [5.41, 5.74) is 0.424. The summed E-state index contributed by atoms with van der Waals surface area (Å²) < 4.78 is 12.2. The molecule has 144 valence electrons. The van der Waals surface area contributed by atoms with E-state index >= 15 is 0 Å². The summed E-state index contributed by atoms with van der Waals surface area (Å²) in [5, 5.41) is 3.77. The molecule has 0 aromatic heterocycles. The van der Waals surface area contributed by atoms with E-state index in [0.29, 0.717) is 22.1 Å². The lowest BCUT2D eigenvalue weighted by Gasteiger charge is -2.32. The first-order valence-electron chi connectivity index (χ1n) is 8.76. The molecule has 1 aromatic rings. The Kier molecular flexibility index (Phi) is 6.36. The number of hydrogen-bond acceptors (Lipinski definition) is 4. The molecule has 1 aromatic carbocycles. The molecule has 0 unspecified atom stereocenters. The highest BCUT2D eigenvalue weighted by Crippen LogP contribution is 2.37. The maximum Gasteiger partial charge on any atom is 0.496 e. The first-order valence-corrected chi connectivity index (χ1v) is 9.14. The third-order valence-electron chi connectivity index (χ3n) is 5.63. The molecular formula is C18H27BCl2N2O3. The van der Waals surface area contributed by atoms with Gasteiger partial charge in [0.15, 0.2) is 0 Å². The summed E-state index contributed by atoms with van der Waals surface area (Å²) in [6.45, 7) is 9.48. The lowest BCUT2D eigenvalue weighted by Crippen LogP contribution is -2.41. The fraction of sp³-hybridized carbons (Fsp3) is 0.611. The van der Waals surface area contributed by atoms with Gasteiger partial charge in [-0.15, -0.1) is 12.4 Å². The number of rotatable bonds is 3. The first-order chi connectivity index (χ1) is 11.6. The van der Waals surface area contributed by atoms with Gasteiger partial charge < -0.3 is 19.5 Å². The quantitative estimate of drug-likeness (QED) is 0.792. The number of amides is 1. The van der Waals surface area contributed by atoms with Crippen LogP contribution < -0.4 is 10.8 Å². The van der Waals surface area contributed by atoms with Crippen molar-refractivity contribution >= 4 is 42.5 Å². The van der Waals surface area contributed by atoms with E-state index in [0.717, 1.165) is 19.5 Å². The van der Waals surface area contributed by atoms with Gasteiger partial charge in [-0.3, -0.25) is 4.79 Å². The van der Waals surface area contributed by atoms with Crippen LogP contribution in [0.2, 0.25) is 5.02 Å². The van der Waals surface area contributed by atoms with Crippen LogP contribution in [-0.2, 0) is 9.31 Å². The van der Waals surface area contributed by atoms with E-state index in [1.54, 1.807) is 18.2 Å². The molecule has 0 aliphatic carbocycles. The van der Waals surface area contributed by atoms with E-state index in [4.69, 9.17) is 20.9 Å². The van der Waals surface area contributed by atoms with Crippen LogP contribution in [0.5, 0.6) is 0 Å². The minimum Gasteiger partial charge on any atom is -0.399 e. The highest BCUT2D eigenvalue weighted by Gasteiger charge is 2.52. The topological polar surface area (TPSA) is 50.8 Å². The number of halogens is 2. The van der Waals surface area contributed by atoms with Gasteiger partial charge in [-0.2, -0.15) is 0 Å². The van der Waals surface area contributed by atoms with Gasteiger partial charge >= 0.3 is 7.12 Å². The van der Waals surface area contributed by atoms with Crippen LogP contribution in [0.4, 0.5) is 0 Å². The maximum atomic E-state index is 12.8. The standard InChI is InChI=1S/C18H26BClN2O3.ClH/c1-17(2)18(3,4)25-19(24-17)14-10-12(6-7-15(14)20)16(23)22-9-8-13(11-22)21-5;/h6-7,10,13,21H,8-9,11H2,1-5H3;1H/t13-;/m1./s1. The molecule has 0 spiro atoms. The Morgan fingerprint density at radius 3 is 2.42 bits per heavy atom. The number of nitrogens with zero attached hydrogens (tertiary/aromatic N) is 1. The van der Waals surface area contributed by atoms with Crippen molar-refractivity contribution in [2.45, 2.75) is 51.4 Å². The SMILES string of the molecule is CN[C@@H]1CCN(C(=O)c2ccc(Cl)c(B3OC(C)(C)C(C)(C)O3)c2)C1.Cl. The van der Waals surface area contributed by atoms with Crippen molar-refractivity contribution in [1.82, 2.24) is 10.2 Å². The van der Waals surface area contributed by atoms with E-state index in [-0.39, 0.29) is 18.3 Å². The molecule has 0 radical (unpaired) electrons. The van der Waals surface area contributed by atoms with Crippen LogP contribution >= 0.6 is 24.0 Å². The Labute approximate surface area is 167 Å². The molecule has 1 N–H and O–H groups in total. The van der Waals surface area contributed by atoms with Crippen LogP contribution in [0.1, 0.15) is 44.5 Å². The molecule has 3 rings (SSSR count). The summed E-state index contributed by atoms with van der Waals surface area (Å²) in [6, 6.07) is 5.69. The minimum absolute atomic E-state index is 0. The zero-order valence-corrected chi connectivity index (χ0v) is 17.5. The largest absolute Gasteiger partial charge is 0.496 e. The molecule has 2 saturated heterocycles. The van der Waals surface area contributed by atoms with Crippen LogP contribution in [0, 0.1) is 0 Å². The molecule has 1 atom stereocenters. The van der Waals surface area contributed by atoms with Crippen molar-refractivity contribution < 1.29 is 14.1 Å². The number of hydrogen-bond donors (Lipinski definition) is 1. The lowest BCUT2D eigenvalue weighted by atomic mass is 9.78.